The van der Waals surface area contributed by atoms with E-state index in [0.29, 0.717) is 5.15 Å². The second-order valence-electron chi connectivity index (χ2n) is 7.05. The Hall–Kier alpha value is -0.930. The summed E-state index contributed by atoms with van der Waals surface area (Å²) in [6.07, 6.45) is 3.54. The smallest absolute Gasteiger partial charge is 0.191 e. The van der Waals surface area contributed by atoms with E-state index in [1.165, 1.54) is 0 Å². The summed E-state index contributed by atoms with van der Waals surface area (Å²) in [5, 5.41) is 10.5. The van der Waals surface area contributed by atoms with Crippen LogP contribution in [-0.2, 0) is 18.3 Å². The second-order valence-corrected chi connectivity index (χ2v) is 8.38. The quantitative estimate of drug-likeness (QED) is 0.245. The maximum absolute atomic E-state index is 5.81. The first-order valence-corrected chi connectivity index (χ1v) is 10.2. The fraction of sp³-hybridized carbons (Fsp3) is 0.526. The molecule has 5 nitrogen and oxygen atoms in total. The largest absolute Gasteiger partial charge is 0.357 e. The van der Waals surface area contributed by atoms with Crippen LogP contribution in [0, 0.1) is 0 Å². The highest BCUT2D eigenvalue weighted by atomic mass is 127. The predicted octanol–water partition coefficient (Wildman–Crippen LogP) is 4.45. The van der Waals surface area contributed by atoms with Crippen molar-refractivity contribution in [2.75, 3.05) is 19.6 Å². The van der Waals surface area contributed by atoms with Gasteiger partial charge in [-0.2, -0.15) is 0 Å². The van der Waals surface area contributed by atoms with Gasteiger partial charge in [0.25, 0.3) is 0 Å². The zero-order valence-corrected chi connectivity index (χ0v) is 20.3. The first-order chi connectivity index (χ1) is 12.4. The number of rotatable bonds is 7. The minimum atomic E-state index is 0. The number of hydrogen-bond donors (Lipinski definition) is 2. The Morgan fingerprint density at radius 1 is 1.22 bits per heavy atom. The predicted molar refractivity (Wildman–Crippen MR) is 127 cm³/mol. The maximum Gasteiger partial charge on any atom is 0.191 e. The van der Waals surface area contributed by atoms with Gasteiger partial charge in [0, 0.05) is 43.0 Å². The zero-order valence-electron chi connectivity index (χ0n) is 16.4. The maximum atomic E-state index is 5.81. The zero-order chi connectivity index (χ0) is 19.0. The number of thiazole rings is 1. The molecule has 2 heterocycles. The van der Waals surface area contributed by atoms with E-state index in [9.17, 15) is 0 Å². The second kappa shape index (κ2) is 11.8. The molecule has 2 aromatic rings. The number of hydrogen-bond acceptors (Lipinski definition) is 4. The molecule has 2 N–H and O–H groups in total. The number of halogens is 2. The van der Waals surface area contributed by atoms with Gasteiger partial charge < -0.3 is 10.6 Å². The Labute approximate surface area is 188 Å². The highest BCUT2D eigenvalue weighted by Gasteiger charge is 2.17. The normalized spacial score (nSPS) is 11.8. The molecule has 0 bridgehead atoms. The fourth-order valence-electron chi connectivity index (χ4n) is 2.25. The van der Waals surface area contributed by atoms with Crippen molar-refractivity contribution in [3.05, 3.63) is 45.1 Å². The van der Waals surface area contributed by atoms with Crippen LogP contribution >= 0.6 is 46.9 Å². The molecule has 27 heavy (non-hydrogen) atoms. The van der Waals surface area contributed by atoms with Gasteiger partial charge in [-0.1, -0.05) is 38.4 Å². The molecule has 8 heteroatoms. The van der Waals surface area contributed by atoms with Gasteiger partial charge in [0.05, 0.1) is 10.7 Å². The molecule has 0 unspecified atom stereocenters. The molecule has 0 fully saturated rings. The third kappa shape index (κ3) is 8.74. The van der Waals surface area contributed by atoms with Crippen molar-refractivity contribution >= 4 is 52.9 Å². The molecule has 2 aromatic heterocycles. The number of guanidine groups is 1. The first-order valence-electron chi connectivity index (χ1n) is 8.96. The molecule has 150 valence electrons. The molecular weight excluding hydrogens is 493 g/mol. The lowest BCUT2D eigenvalue weighted by Gasteiger charge is -2.14. The summed E-state index contributed by atoms with van der Waals surface area (Å²) in [6, 6.07) is 3.81. The lowest BCUT2D eigenvalue weighted by Crippen LogP contribution is -2.38. The summed E-state index contributed by atoms with van der Waals surface area (Å²) >= 11 is 7.53. The third-order valence-corrected chi connectivity index (χ3v) is 4.89. The van der Waals surface area contributed by atoms with E-state index >= 15 is 0 Å². The first kappa shape index (κ1) is 24.1. The third-order valence-electron chi connectivity index (χ3n) is 3.75. The number of aromatic nitrogens is 2. The van der Waals surface area contributed by atoms with Crippen LogP contribution in [-0.4, -0.2) is 35.6 Å². The highest BCUT2D eigenvalue weighted by molar-refractivity contribution is 14.0. The lowest BCUT2D eigenvalue weighted by molar-refractivity contribution is 0.571. The van der Waals surface area contributed by atoms with Gasteiger partial charge in [-0.3, -0.25) is 4.99 Å². The van der Waals surface area contributed by atoms with Crippen LogP contribution in [0.3, 0.4) is 0 Å². The van der Waals surface area contributed by atoms with E-state index in [-0.39, 0.29) is 29.4 Å². The summed E-state index contributed by atoms with van der Waals surface area (Å²) < 4.78 is 0. The highest BCUT2D eigenvalue weighted by Crippen LogP contribution is 2.23. The Balaban J connectivity index is 0.00000364. The van der Waals surface area contributed by atoms with Crippen molar-refractivity contribution in [2.24, 2.45) is 4.99 Å². The lowest BCUT2D eigenvalue weighted by atomic mass is 9.93. The van der Waals surface area contributed by atoms with Crippen molar-refractivity contribution < 1.29 is 0 Å². The molecule has 0 aliphatic carbocycles. The van der Waals surface area contributed by atoms with Crippen molar-refractivity contribution in [1.82, 2.24) is 20.6 Å². The Kier molecular flexibility index (Phi) is 10.5. The number of pyridine rings is 1. The standard InChI is InChI=1S/C19H28ClN5S.HI/c1-5-21-18(22-10-8-14-6-7-16(20)24-12-14)23-11-9-17-25-15(13-26-17)19(2,3)4;/h6-7,12-13H,5,8-11H2,1-4H3,(H2,21,22,23);1H. The Morgan fingerprint density at radius 3 is 2.59 bits per heavy atom. The van der Waals surface area contributed by atoms with Crippen LogP contribution < -0.4 is 10.6 Å². The summed E-state index contributed by atoms with van der Waals surface area (Å²) in [4.78, 5) is 13.5. The molecule has 0 spiro atoms. The molecule has 0 aromatic carbocycles. The van der Waals surface area contributed by atoms with E-state index in [0.717, 1.165) is 54.7 Å². The topological polar surface area (TPSA) is 62.2 Å². The van der Waals surface area contributed by atoms with Crippen molar-refractivity contribution in [3.8, 4) is 0 Å². The number of nitrogens with one attached hydrogen (secondary N) is 2. The fourth-order valence-corrected chi connectivity index (χ4v) is 3.38. The monoisotopic (exact) mass is 521 g/mol. The summed E-state index contributed by atoms with van der Waals surface area (Å²) in [5.74, 6) is 0.835. The minimum Gasteiger partial charge on any atom is -0.357 e. The van der Waals surface area contributed by atoms with Crippen LogP contribution in [0.15, 0.2) is 28.7 Å². The van der Waals surface area contributed by atoms with Gasteiger partial charge in [-0.25, -0.2) is 9.97 Å². The molecule has 2 rings (SSSR count). The van der Waals surface area contributed by atoms with Gasteiger partial charge in [-0.15, -0.1) is 35.3 Å². The molecule has 0 amide bonds. The van der Waals surface area contributed by atoms with E-state index in [1.807, 2.05) is 18.3 Å². The summed E-state index contributed by atoms with van der Waals surface area (Å²) in [6.45, 7) is 11.0. The van der Waals surface area contributed by atoms with Crippen LogP contribution in [0.2, 0.25) is 5.15 Å². The van der Waals surface area contributed by atoms with Gasteiger partial charge in [0.15, 0.2) is 5.96 Å². The molecule has 0 saturated heterocycles. The molecular formula is C19H29ClIN5S. The Bertz CT molecular complexity index is 710. The van der Waals surface area contributed by atoms with Gasteiger partial charge in [0.1, 0.15) is 5.15 Å². The minimum absolute atomic E-state index is 0. The summed E-state index contributed by atoms with van der Waals surface area (Å²) in [5.41, 5.74) is 2.41. The van der Waals surface area contributed by atoms with Crippen LogP contribution in [0.5, 0.6) is 0 Å². The van der Waals surface area contributed by atoms with Gasteiger partial charge >= 0.3 is 0 Å². The Morgan fingerprint density at radius 2 is 2.00 bits per heavy atom. The SMILES string of the molecule is CCNC(=NCCc1nc(C(C)(C)C)cs1)NCCc1ccc(Cl)nc1.I. The van der Waals surface area contributed by atoms with E-state index in [4.69, 9.17) is 16.6 Å². The van der Waals surface area contributed by atoms with Crippen molar-refractivity contribution in [2.45, 2.75) is 46.0 Å². The average molecular weight is 522 g/mol. The van der Waals surface area contributed by atoms with E-state index in [2.05, 4.69) is 53.7 Å². The van der Waals surface area contributed by atoms with Crippen LogP contribution in [0.4, 0.5) is 0 Å². The number of aliphatic imine (C=N–C) groups is 1. The number of nitrogens with zero attached hydrogens (tertiary/aromatic N) is 3. The molecule has 0 saturated carbocycles. The molecule has 0 atom stereocenters. The van der Waals surface area contributed by atoms with E-state index in [1.54, 1.807) is 11.3 Å². The van der Waals surface area contributed by atoms with Crippen molar-refractivity contribution in [1.29, 1.82) is 0 Å². The van der Waals surface area contributed by atoms with Crippen molar-refractivity contribution in [3.63, 3.8) is 0 Å². The average Bonchev–Trinajstić information content (AvgIpc) is 3.06. The molecule has 0 radical (unpaired) electrons. The molecule has 0 aliphatic heterocycles. The summed E-state index contributed by atoms with van der Waals surface area (Å²) in [7, 11) is 0. The molecule has 0 aliphatic rings. The van der Waals surface area contributed by atoms with Gasteiger partial charge in [0.2, 0.25) is 0 Å². The van der Waals surface area contributed by atoms with Crippen LogP contribution in [0.1, 0.15) is 44.0 Å². The van der Waals surface area contributed by atoms with E-state index < -0.39 is 0 Å². The van der Waals surface area contributed by atoms with Gasteiger partial charge in [-0.05, 0) is 25.0 Å². The van der Waals surface area contributed by atoms with Crippen LogP contribution in [0.25, 0.3) is 0 Å².